The number of benzene rings is 1. The molecule has 1 aliphatic rings. The van der Waals surface area contributed by atoms with Crippen molar-refractivity contribution in [3.8, 4) is 17.2 Å². The van der Waals surface area contributed by atoms with Crippen molar-refractivity contribution in [2.75, 3.05) is 20.8 Å². The van der Waals surface area contributed by atoms with Gasteiger partial charge in [-0.15, -0.1) is 0 Å². The molecule has 10 nitrogen and oxygen atoms in total. The van der Waals surface area contributed by atoms with Crippen molar-refractivity contribution in [2.45, 2.75) is 64.7 Å². The number of phenols is 1. The molecule has 34 heavy (non-hydrogen) atoms. The van der Waals surface area contributed by atoms with Gasteiger partial charge >= 0.3 is 0 Å². The standard InChI is InChI=1S/C23H35N4O6S/c1-13(2)26(14(3)4)15(5)8-9-24-22(30)17-12-34-23(27(17)31)25-21(29)16-10-19(32-6)20(33-7)11-18(16)28/h10-15,23,28H,8-9H2,1-7H3,(H,24,30)(H,25,29). The van der Waals surface area contributed by atoms with Crippen LogP contribution in [0.25, 0.3) is 0 Å². The van der Waals surface area contributed by atoms with Crippen LogP contribution in [0.15, 0.2) is 23.2 Å². The van der Waals surface area contributed by atoms with Crippen LogP contribution in [0.3, 0.4) is 0 Å². The lowest BCUT2D eigenvalue weighted by atomic mass is 10.1. The molecule has 0 aliphatic carbocycles. The second-order valence-electron chi connectivity index (χ2n) is 8.54. The van der Waals surface area contributed by atoms with Crippen LogP contribution in [-0.2, 0) is 10.0 Å². The second kappa shape index (κ2) is 12.2. The maximum absolute atomic E-state index is 12.7. The molecule has 189 valence electrons. The molecule has 1 heterocycles. The number of nitrogens with one attached hydrogen (secondary N) is 2. The molecule has 1 aromatic rings. The van der Waals surface area contributed by atoms with Gasteiger partial charge in [0.15, 0.2) is 17.0 Å². The van der Waals surface area contributed by atoms with Gasteiger partial charge in [0.1, 0.15) is 11.4 Å². The summed E-state index contributed by atoms with van der Waals surface area (Å²) in [6.45, 7) is 11.1. The Labute approximate surface area is 205 Å². The first-order chi connectivity index (χ1) is 16.0. The van der Waals surface area contributed by atoms with E-state index < -0.39 is 17.3 Å². The van der Waals surface area contributed by atoms with Crippen LogP contribution in [0.4, 0.5) is 0 Å². The first kappa shape index (κ1) is 27.6. The highest BCUT2D eigenvalue weighted by molar-refractivity contribution is 8.02. The number of nitrogens with zero attached hydrogens (tertiary/aromatic N) is 2. The highest BCUT2D eigenvalue weighted by Crippen LogP contribution is 2.35. The molecular weight excluding hydrogens is 460 g/mol. The zero-order chi connectivity index (χ0) is 25.6. The van der Waals surface area contributed by atoms with Crippen molar-refractivity contribution in [3.63, 3.8) is 0 Å². The van der Waals surface area contributed by atoms with Crippen LogP contribution in [-0.4, -0.2) is 71.3 Å². The lowest BCUT2D eigenvalue weighted by Gasteiger charge is -2.36. The van der Waals surface area contributed by atoms with Crippen LogP contribution >= 0.6 is 11.8 Å². The van der Waals surface area contributed by atoms with Gasteiger partial charge < -0.3 is 25.2 Å². The number of ether oxygens (including phenoxy) is 2. The average molecular weight is 496 g/mol. The largest absolute Gasteiger partial charge is 0.507 e. The smallest absolute Gasteiger partial charge is 0.270 e. The predicted molar refractivity (Wildman–Crippen MR) is 130 cm³/mol. The van der Waals surface area contributed by atoms with E-state index in [-0.39, 0.29) is 34.6 Å². The van der Waals surface area contributed by atoms with Crippen LogP contribution < -0.4 is 20.1 Å². The summed E-state index contributed by atoms with van der Waals surface area (Å²) in [6, 6.07) is 3.59. The number of methoxy groups -OCH3 is 2. The van der Waals surface area contributed by atoms with E-state index in [2.05, 4.69) is 50.2 Å². The zero-order valence-corrected chi connectivity index (χ0v) is 21.6. The summed E-state index contributed by atoms with van der Waals surface area (Å²) in [5.74, 6) is -1.00. The summed E-state index contributed by atoms with van der Waals surface area (Å²) in [4.78, 5) is 27.6. The maximum atomic E-state index is 12.7. The van der Waals surface area contributed by atoms with Crippen LogP contribution in [0.5, 0.6) is 17.2 Å². The molecule has 1 aromatic carbocycles. The molecule has 1 aliphatic heterocycles. The Morgan fingerprint density at radius 3 is 2.24 bits per heavy atom. The summed E-state index contributed by atoms with van der Waals surface area (Å²) in [6.07, 6.45) is 0.736. The van der Waals surface area contributed by atoms with Gasteiger partial charge in [-0.1, -0.05) is 17.0 Å². The monoisotopic (exact) mass is 495 g/mol. The van der Waals surface area contributed by atoms with Crippen molar-refractivity contribution in [1.82, 2.24) is 20.6 Å². The van der Waals surface area contributed by atoms with E-state index in [0.29, 0.717) is 23.7 Å². The van der Waals surface area contributed by atoms with Crippen molar-refractivity contribution >= 4 is 23.6 Å². The second-order valence-corrected chi connectivity index (χ2v) is 9.50. The van der Waals surface area contributed by atoms with E-state index in [1.807, 2.05) is 0 Å². The Morgan fingerprint density at radius 1 is 1.09 bits per heavy atom. The summed E-state index contributed by atoms with van der Waals surface area (Å²) < 4.78 is 10.2. The minimum absolute atomic E-state index is 0.0796. The van der Waals surface area contributed by atoms with E-state index in [4.69, 9.17) is 9.47 Å². The molecule has 0 bridgehead atoms. The SMILES string of the molecule is COc1cc(O)c(C(=O)NC2SC=C(C(=O)NCCC(C)N(C(C)C)C(C)C)N2[O])cc1OC. The highest BCUT2D eigenvalue weighted by Gasteiger charge is 2.33. The first-order valence-electron chi connectivity index (χ1n) is 11.1. The fourth-order valence-electron chi connectivity index (χ4n) is 4.10. The minimum Gasteiger partial charge on any atom is -0.507 e. The van der Waals surface area contributed by atoms with E-state index in [1.165, 1.54) is 31.8 Å². The molecule has 0 saturated heterocycles. The fraction of sp³-hybridized carbons (Fsp3) is 0.565. The number of thioether (sulfide) groups is 1. The molecule has 0 fully saturated rings. The van der Waals surface area contributed by atoms with Crippen molar-refractivity contribution in [2.24, 2.45) is 0 Å². The van der Waals surface area contributed by atoms with Crippen molar-refractivity contribution in [1.29, 1.82) is 0 Å². The Morgan fingerprint density at radius 2 is 1.68 bits per heavy atom. The Balaban J connectivity index is 1.93. The number of rotatable bonds is 11. The number of hydrogen-bond donors (Lipinski definition) is 3. The number of carbonyl (C=O) groups excluding carboxylic acids is 2. The first-order valence-corrected chi connectivity index (χ1v) is 12.1. The highest BCUT2D eigenvalue weighted by atomic mass is 32.2. The van der Waals surface area contributed by atoms with Gasteiger partial charge in [-0.2, -0.15) is 5.06 Å². The summed E-state index contributed by atoms with van der Waals surface area (Å²) in [7, 11) is 2.81. The molecule has 0 saturated carbocycles. The van der Waals surface area contributed by atoms with E-state index >= 15 is 0 Å². The third-order valence-corrected chi connectivity index (χ3v) is 6.47. The molecule has 3 N–H and O–H groups in total. The minimum atomic E-state index is -1.04. The number of phenolic OH excluding ortho intramolecular Hbond substituents is 1. The molecular formula is C23H35N4O6S. The molecule has 2 atom stereocenters. The van der Waals surface area contributed by atoms with E-state index in [9.17, 15) is 19.9 Å². The Kier molecular flexibility index (Phi) is 9.90. The topological polar surface area (TPSA) is 123 Å². The van der Waals surface area contributed by atoms with Gasteiger partial charge in [-0.3, -0.25) is 14.5 Å². The number of hydrogen-bond acceptors (Lipinski definition) is 8. The van der Waals surface area contributed by atoms with Gasteiger partial charge in [0, 0.05) is 42.2 Å². The zero-order valence-electron chi connectivity index (χ0n) is 20.7. The van der Waals surface area contributed by atoms with Crippen LogP contribution in [0.2, 0.25) is 0 Å². The number of amides is 2. The Hall–Kier alpha value is -2.63. The quantitative estimate of drug-likeness (QED) is 0.428. The van der Waals surface area contributed by atoms with Gasteiger partial charge in [0.05, 0.1) is 19.8 Å². The lowest BCUT2D eigenvalue weighted by Crippen LogP contribution is -2.46. The lowest BCUT2D eigenvalue weighted by molar-refractivity contribution is -0.150. The van der Waals surface area contributed by atoms with Gasteiger partial charge in [-0.25, -0.2) is 0 Å². The molecule has 11 heteroatoms. The molecule has 2 unspecified atom stereocenters. The number of hydroxylamine groups is 2. The molecule has 2 amide bonds. The van der Waals surface area contributed by atoms with Gasteiger partial charge in [0.2, 0.25) is 0 Å². The maximum Gasteiger partial charge on any atom is 0.270 e. The number of carbonyl (C=O) groups is 2. The molecule has 1 radical (unpaired) electrons. The predicted octanol–water partition coefficient (Wildman–Crippen LogP) is 2.67. The number of aromatic hydroxyl groups is 1. The van der Waals surface area contributed by atoms with E-state index in [1.54, 1.807) is 0 Å². The summed E-state index contributed by atoms with van der Waals surface area (Å²) in [5.41, 5.74) is -1.21. The fourth-order valence-corrected chi connectivity index (χ4v) is 4.97. The van der Waals surface area contributed by atoms with Gasteiger partial charge in [-0.05, 0) is 41.0 Å². The van der Waals surface area contributed by atoms with E-state index in [0.717, 1.165) is 18.2 Å². The third-order valence-electron chi connectivity index (χ3n) is 5.54. The van der Waals surface area contributed by atoms with Crippen LogP contribution in [0.1, 0.15) is 51.4 Å². The normalized spacial score (nSPS) is 16.6. The molecule has 2 rings (SSSR count). The Bertz CT molecular complexity index is 900. The average Bonchev–Trinajstić information content (AvgIpc) is 3.12. The molecule has 0 spiro atoms. The van der Waals surface area contributed by atoms with Crippen molar-refractivity contribution < 1.29 is 29.4 Å². The third kappa shape index (κ3) is 6.49. The van der Waals surface area contributed by atoms with Crippen LogP contribution in [0, 0.1) is 0 Å². The van der Waals surface area contributed by atoms with Gasteiger partial charge in [0.25, 0.3) is 11.8 Å². The summed E-state index contributed by atoms with van der Waals surface area (Å²) >= 11 is 0.999. The summed E-state index contributed by atoms with van der Waals surface area (Å²) in [5, 5.41) is 30.0. The van der Waals surface area contributed by atoms with Crippen molar-refractivity contribution in [3.05, 3.63) is 28.8 Å². The molecule has 0 aromatic heterocycles.